The van der Waals surface area contributed by atoms with Gasteiger partial charge in [-0.15, -0.1) is 15.3 Å². The second-order valence-corrected chi connectivity index (χ2v) is 9.80. The van der Waals surface area contributed by atoms with E-state index < -0.39 is 5.41 Å². The van der Waals surface area contributed by atoms with Gasteiger partial charge in [0, 0.05) is 25.6 Å². The number of hydrogen-bond donors (Lipinski definition) is 0. The maximum Gasteiger partial charge on any atom is 0.233 e. The number of hydrogen-bond acceptors (Lipinski definition) is 5. The molecule has 31 heavy (non-hydrogen) atoms. The Morgan fingerprint density at radius 2 is 1.77 bits per heavy atom. The number of nitrogens with zero attached hydrogens (tertiary/aromatic N) is 6. The molecule has 2 fully saturated rings. The van der Waals surface area contributed by atoms with E-state index >= 15 is 0 Å². The van der Waals surface area contributed by atoms with Crippen LogP contribution in [-0.4, -0.2) is 56.8 Å². The molecule has 1 amide bonds. The lowest BCUT2D eigenvalue weighted by Crippen LogP contribution is -2.61. The average molecular weight is 423 g/mol. The van der Waals surface area contributed by atoms with E-state index in [1.54, 1.807) is 12.1 Å². The first kappa shape index (κ1) is 19.9. The summed E-state index contributed by atoms with van der Waals surface area (Å²) in [6, 6.07) is 10.4. The molecule has 0 N–H and O–H groups in total. The Morgan fingerprint density at radius 3 is 2.39 bits per heavy atom. The highest BCUT2D eigenvalue weighted by Crippen LogP contribution is 2.50. The Morgan fingerprint density at radius 1 is 1.10 bits per heavy atom. The van der Waals surface area contributed by atoms with Crippen LogP contribution in [0.4, 0.5) is 10.2 Å². The van der Waals surface area contributed by atoms with E-state index in [0.717, 1.165) is 48.8 Å². The molecule has 3 aromatic rings. The molecule has 1 aliphatic carbocycles. The van der Waals surface area contributed by atoms with Gasteiger partial charge in [0.2, 0.25) is 5.91 Å². The topological polar surface area (TPSA) is 66.6 Å². The molecule has 0 radical (unpaired) electrons. The van der Waals surface area contributed by atoms with Gasteiger partial charge in [0.1, 0.15) is 11.6 Å². The maximum atomic E-state index is 13.3. The van der Waals surface area contributed by atoms with E-state index in [0.29, 0.717) is 0 Å². The highest BCUT2D eigenvalue weighted by molar-refractivity contribution is 5.91. The van der Waals surface area contributed by atoms with Crippen LogP contribution in [0.3, 0.4) is 0 Å². The Balaban J connectivity index is 1.29. The highest BCUT2D eigenvalue weighted by atomic mass is 19.1. The highest BCUT2D eigenvalue weighted by Gasteiger charge is 2.54. The molecule has 7 nitrogen and oxygen atoms in total. The fourth-order valence-corrected chi connectivity index (χ4v) is 4.33. The molecule has 2 aromatic heterocycles. The molecular formula is C23H27FN6O. The number of amides is 1. The number of benzene rings is 1. The van der Waals surface area contributed by atoms with Gasteiger partial charge in [0.15, 0.2) is 11.5 Å². The smallest absolute Gasteiger partial charge is 0.233 e. The van der Waals surface area contributed by atoms with Crippen molar-refractivity contribution in [3.05, 3.63) is 53.6 Å². The minimum atomic E-state index is -0.482. The first-order valence-corrected chi connectivity index (χ1v) is 10.7. The number of carbonyl (C=O) groups excluding carboxylic acids is 1. The number of likely N-dealkylation sites (N-methyl/N-ethyl adjacent to an activating group) is 1. The van der Waals surface area contributed by atoms with Gasteiger partial charge in [-0.05, 0) is 42.7 Å². The Hall–Kier alpha value is -3.03. The number of carbonyl (C=O) groups is 1. The predicted octanol–water partition coefficient (Wildman–Crippen LogP) is 2.94. The van der Waals surface area contributed by atoms with Crippen LogP contribution in [0.5, 0.6) is 0 Å². The third-order valence-electron chi connectivity index (χ3n) is 6.53. The summed E-state index contributed by atoms with van der Waals surface area (Å²) in [5.41, 5.74) is 1.00. The van der Waals surface area contributed by atoms with E-state index in [9.17, 15) is 9.18 Å². The third kappa shape index (κ3) is 3.25. The molecule has 8 heteroatoms. The molecule has 0 unspecified atom stereocenters. The molecule has 1 aliphatic heterocycles. The Labute approximate surface area is 180 Å². The molecule has 5 rings (SSSR count). The van der Waals surface area contributed by atoms with Crippen LogP contribution in [-0.2, 0) is 15.6 Å². The molecule has 162 valence electrons. The molecule has 1 aromatic carbocycles. The van der Waals surface area contributed by atoms with Crippen LogP contribution >= 0.6 is 0 Å². The van der Waals surface area contributed by atoms with E-state index in [-0.39, 0.29) is 23.2 Å². The largest absolute Gasteiger partial charge is 0.351 e. The van der Waals surface area contributed by atoms with Crippen LogP contribution in [0.15, 0.2) is 36.4 Å². The molecule has 0 spiro atoms. The first-order chi connectivity index (χ1) is 14.7. The summed E-state index contributed by atoms with van der Waals surface area (Å²) in [6.45, 7) is 7.73. The van der Waals surface area contributed by atoms with Crippen LogP contribution < -0.4 is 4.90 Å². The average Bonchev–Trinajstić information content (AvgIpc) is 3.38. The number of halogens is 1. The SMILES string of the molecule is CN(C(=O)C1(c2ccc(F)cc2)CC1)C1CN(c2ccc3nnc(C(C)(C)C)n3n2)C1. The van der Waals surface area contributed by atoms with Crippen molar-refractivity contribution >= 4 is 17.4 Å². The molecule has 0 atom stereocenters. The summed E-state index contributed by atoms with van der Waals surface area (Å²) in [5.74, 6) is 1.53. The standard InChI is InChI=1S/C23H27FN6O/c1-22(2,3)20-26-25-18-9-10-19(27-30(18)20)29-13-17(14-29)28(4)21(31)23(11-12-23)15-5-7-16(24)8-6-15/h5-10,17H,11-14H2,1-4H3. The Kier molecular flexibility index (Phi) is 4.32. The second-order valence-electron chi connectivity index (χ2n) is 9.80. The molecule has 1 saturated carbocycles. The van der Waals surface area contributed by atoms with Crippen LogP contribution in [0.1, 0.15) is 45.0 Å². The number of aromatic nitrogens is 4. The lowest BCUT2D eigenvalue weighted by Gasteiger charge is -2.45. The van der Waals surface area contributed by atoms with Crippen molar-refractivity contribution in [1.29, 1.82) is 0 Å². The second kappa shape index (κ2) is 6.73. The summed E-state index contributed by atoms with van der Waals surface area (Å²) >= 11 is 0. The lowest BCUT2D eigenvalue weighted by molar-refractivity contribution is -0.135. The lowest BCUT2D eigenvalue weighted by atomic mass is 9.93. The van der Waals surface area contributed by atoms with Crippen LogP contribution in [0, 0.1) is 5.82 Å². The summed E-state index contributed by atoms with van der Waals surface area (Å²) in [5, 5.41) is 13.3. The zero-order valence-corrected chi connectivity index (χ0v) is 18.3. The van der Waals surface area contributed by atoms with Crippen molar-refractivity contribution < 1.29 is 9.18 Å². The zero-order chi connectivity index (χ0) is 22.0. The zero-order valence-electron chi connectivity index (χ0n) is 18.3. The number of anilines is 1. The minimum absolute atomic E-state index is 0.126. The van der Waals surface area contributed by atoms with Gasteiger partial charge in [-0.1, -0.05) is 32.9 Å². The van der Waals surface area contributed by atoms with Crippen molar-refractivity contribution in [1.82, 2.24) is 24.7 Å². The van der Waals surface area contributed by atoms with Crippen molar-refractivity contribution in [2.24, 2.45) is 0 Å². The molecule has 3 heterocycles. The molecule has 2 aliphatic rings. The van der Waals surface area contributed by atoms with Crippen molar-refractivity contribution in [2.45, 2.75) is 50.5 Å². The minimum Gasteiger partial charge on any atom is -0.351 e. The van der Waals surface area contributed by atoms with E-state index in [1.165, 1.54) is 12.1 Å². The van der Waals surface area contributed by atoms with Crippen molar-refractivity contribution in [3.63, 3.8) is 0 Å². The molecule has 1 saturated heterocycles. The summed E-state index contributed by atoms with van der Waals surface area (Å²) in [4.78, 5) is 17.3. The summed E-state index contributed by atoms with van der Waals surface area (Å²) < 4.78 is 15.1. The first-order valence-electron chi connectivity index (χ1n) is 10.7. The van der Waals surface area contributed by atoms with E-state index in [1.807, 2.05) is 28.6 Å². The van der Waals surface area contributed by atoms with Crippen molar-refractivity contribution in [2.75, 3.05) is 25.0 Å². The fourth-order valence-electron chi connectivity index (χ4n) is 4.33. The fraction of sp³-hybridized carbons (Fsp3) is 0.478. The normalized spacial score (nSPS) is 18.2. The van der Waals surface area contributed by atoms with Gasteiger partial charge < -0.3 is 9.80 Å². The molecule has 0 bridgehead atoms. The predicted molar refractivity (Wildman–Crippen MR) is 116 cm³/mol. The summed E-state index contributed by atoms with van der Waals surface area (Å²) in [6.07, 6.45) is 1.64. The third-order valence-corrected chi connectivity index (χ3v) is 6.53. The van der Waals surface area contributed by atoms with Gasteiger partial charge in [0.05, 0.1) is 11.5 Å². The molecular weight excluding hydrogens is 395 g/mol. The quantitative estimate of drug-likeness (QED) is 0.647. The van der Waals surface area contributed by atoms with Gasteiger partial charge >= 0.3 is 0 Å². The van der Waals surface area contributed by atoms with Gasteiger partial charge in [0.25, 0.3) is 0 Å². The van der Waals surface area contributed by atoms with Gasteiger partial charge in [-0.3, -0.25) is 4.79 Å². The van der Waals surface area contributed by atoms with Crippen LogP contribution in [0.25, 0.3) is 5.65 Å². The number of rotatable bonds is 4. The maximum absolute atomic E-state index is 13.3. The van der Waals surface area contributed by atoms with Gasteiger partial charge in [-0.25, -0.2) is 4.39 Å². The van der Waals surface area contributed by atoms with E-state index in [4.69, 9.17) is 5.10 Å². The Bertz CT molecular complexity index is 1140. The van der Waals surface area contributed by atoms with Crippen molar-refractivity contribution in [3.8, 4) is 0 Å². The van der Waals surface area contributed by atoms with Crippen LogP contribution in [0.2, 0.25) is 0 Å². The summed E-state index contributed by atoms with van der Waals surface area (Å²) in [7, 11) is 1.88. The monoisotopic (exact) mass is 422 g/mol. The number of fused-ring (bicyclic) bond motifs is 1. The van der Waals surface area contributed by atoms with Gasteiger partial charge in [-0.2, -0.15) is 4.52 Å². The van der Waals surface area contributed by atoms with E-state index in [2.05, 4.69) is 35.9 Å².